The molecule has 0 aromatic carbocycles. The van der Waals surface area contributed by atoms with Gasteiger partial charge in [0.2, 0.25) is 0 Å². The van der Waals surface area contributed by atoms with E-state index in [2.05, 4.69) is 38.2 Å². The van der Waals surface area contributed by atoms with Gasteiger partial charge in [-0.15, -0.1) is 0 Å². The van der Waals surface area contributed by atoms with E-state index < -0.39 is 0 Å². The quantitative estimate of drug-likeness (QED) is 0.0696. The van der Waals surface area contributed by atoms with E-state index in [0.717, 1.165) is 0 Å². The molecule has 0 spiro atoms. The Balaban J connectivity index is 3.14. The van der Waals surface area contributed by atoms with Gasteiger partial charge in [0.15, 0.2) is 0 Å². The van der Waals surface area contributed by atoms with Crippen molar-refractivity contribution in [2.24, 2.45) is 0 Å². The van der Waals surface area contributed by atoms with E-state index in [1.807, 2.05) is 0 Å². The molecule has 0 aliphatic heterocycles. The Bertz CT molecular complexity index is 404. The van der Waals surface area contributed by atoms with Crippen LogP contribution in [0, 0.1) is 0 Å². The third-order valence-electron chi connectivity index (χ3n) is 7.58. The highest BCUT2D eigenvalue weighted by atomic mass is 14.0. The predicted octanol–water partition coefficient (Wildman–Crippen LogP) is 13.5. The van der Waals surface area contributed by atoms with E-state index in [1.54, 1.807) is 0 Å². The van der Waals surface area contributed by atoms with Crippen molar-refractivity contribution in [3.8, 4) is 0 Å². The number of allylic oxidation sites excluding steroid dienone is 4. The van der Waals surface area contributed by atoms with Gasteiger partial charge < -0.3 is 0 Å². The summed E-state index contributed by atoms with van der Waals surface area (Å²) < 4.78 is 0. The van der Waals surface area contributed by atoms with Crippen LogP contribution in [-0.2, 0) is 0 Å². The molecule has 0 radical (unpaired) electrons. The van der Waals surface area contributed by atoms with Gasteiger partial charge in [0, 0.05) is 0 Å². The minimum Gasteiger partial charge on any atom is -0.0845 e. The molecule has 0 aliphatic carbocycles. The molecule has 0 rings (SSSR count). The lowest BCUT2D eigenvalue weighted by molar-refractivity contribution is 0.536. The molecule has 208 valence electrons. The Labute approximate surface area is 224 Å². The lowest BCUT2D eigenvalue weighted by Crippen LogP contribution is -1.83. The number of hydrogen-bond acceptors (Lipinski definition) is 0. The standard InChI is InChI=1S/C35H68/c1-3-5-7-9-11-13-15-17-19-21-23-25-27-29-31-33-35-34-32-30-28-26-24-22-20-18-16-14-12-10-8-6-4-2/h31,33-35H,3-30,32H2,1-2H3. The summed E-state index contributed by atoms with van der Waals surface area (Å²) in [5.74, 6) is 0. The van der Waals surface area contributed by atoms with Crippen molar-refractivity contribution in [3.63, 3.8) is 0 Å². The van der Waals surface area contributed by atoms with Crippen LogP contribution in [0.4, 0.5) is 0 Å². The Morgan fingerprint density at radius 3 is 0.686 bits per heavy atom. The van der Waals surface area contributed by atoms with Crippen LogP contribution < -0.4 is 0 Å². The summed E-state index contributed by atoms with van der Waals surface area (Å²) in [6, 6.07) is 0. The largest absolute Gasteiger partial charge is 0.0845 e. The zero-order chi connectivity index (χ0) is 25.3. The van der Waals surface area contributed by atoms with Crippen LogP contribution in [0.25, 0.3) is 0 Å². The molecule has 0 aromatic rings. The highest BCUT2D eigenvalue weighted by Crippen LogP contribution is 2.14. The predicted molar refractivity (Wildman–Crippen MR) is 164 cm³/mol. The average Bonchev–Trinajstić information content (AvgIpc) is 2.87. The van der Waals surface area contributed by atoms with Crippen molar-refractivity contribution in [2.45, 2.75) is 200 Å². The Morgan fingerprint density at radius 2 is 0.457 bits per heavy atom. The van der Waals surface area contributed by atoms with Gasteiger partial charge in [-0.2, -0.15) is 0 Å². The van der Waals surface area contributed by atoms with Crippen molar-refractivity contribution in [1.29, 1.82) is 0 Å². The molecule has 0 amide bonds. The third-order valence-corrected chi connectivity index (χ3v) is 7.58. The van der Waals surface area contributed by atoms with Gasteiger partial charge in [0.05, 0.1) is 0 Å². The highest BCUT2D eigenvalue weighted by molar-refractivity contribution is 5.02. The number of hydrogen-bond donors (Lipinski definition) is 0. The first-order valence-corrected chi connectivity index (χ1v) is 16.7. The Hall–Kier alpha value is -0.520. The van der Waals surface area contributed by atoms with Crippen LogP contribution in [0.2, 0.25) is 0 Å². The molecule has 0 unspecified atom stereocenters. The number of unbranched alkanes of at least 4 members (excludes halogenated alkanes) is 27. The van der Waals surface area contributed by atoms with Crippen molar-refractivity contribution in [2.75, 3.05) is 0 Å². The van der Waals surface area contributed by atoms with Crippen molar-refractivity contribution in [1.82, 2.24) is 0 Å². The molecule has 0 aliphatic rings. The van der Waals surface area contributed by atoms with E-state index in [9.17, 15) is 0 Å². The SMILES string of the molecule is CCCCCCCCCCCCCCCC=CC=CCCCCCCCCCCCCCCCC. The minimum absolute atomic E-state index is 1.26. The van der Waals surface area contributed by atoms with E-state index in [-0.39, 0.29) is 0 Å². The van der Waals surface area contributed by atoms with Gasteiger partial charge in [0.1, 0.15) is 0 Å². The first-order chi connectivity index (χ1) is 17.4. The van der Waals surface area contributed by atoms with Gasteiger partial charge in [-0.1, -0.05) is 199 Å². The Kier molecular flexibility index (Phi) is 33.0. The van der Waals surface area contributed by atoms with Crippen molar-refractivity contribution in [3.05, 3.63) is 24.3 Å². The summed E-state index contributed by atoms with van der Waals surface area (Å²) in [6.45, 7) is 4.60. The fourth-order valence-corrected chi connectivity index (χ4v) is 5.09. The molecule has 0 atom stereocenters. The maximum absolute atomic E-state index is 2.38. The topological polar surface area (TPSA) is 0 Å². The summed E-state index contributed by atoms with van der Waals surface area (Å²) in [5, 5.41) is 0. The fourth-order valence-electron chi connectivity index (χ4n) is 5.09. The molecular weight excluding hydrogens is 420 g/mol. The molecular formula is C35H68. The summed E-state index contributed by atoms with van der Waals surface area (Å²) in [4.78, 5) is 0. The van der Waals surface area contributed by atoms with Crippen LogP contribution in [0.3, 0.4) is 0 Å². The molecule has 0 fully saturated rings. The van der Waals surface area contributed by atoms with E-state index in [4.69, 9.17) is 0 Å². The van der Waals surface area contributed by atoms with Gasteiger partial charge in [-0.05, 0) is 25.7 Å². The summed E-state index contributed by atoms with van der Waals surface area (Å²) in [6.07, 6.45) is 50.9. The highest BCUT2D eigenvalue weighted by Gasteiger charge is 1.95. The van der Waals surface area contributed by atoms with E-state index in [1.165, 1.54) is 186 Å². The second-order valence-corrected chi connectivity index (χ2v) is 11.3. The zero-order valence-electron chi connectivity index (χ0n) is 24.8. The second kappa shape index (κ2) is 33.5. The molecule has 0 nitrogen and oxygen atoms in total. The first-order valence-electron chi connectivity index (χ1n) is 16.7. The maximum Gasteiger partial charge on any atom is -0.0348 e. The zero-order valence-corrected chi connectivity index (χ0v) is 24.8. The molecule has 0 saturated heterocycles. The Morgan fingerprint density at radius 1 is 0.257 bits per heavy atom. The van der Waals surface area contributed by atoms with Crippen LogP contribution in [0.1, 0.15) is 200 Å². The molecule has 0 heteroatoms. The number of rotatable bonds is 30. The smallest absolute Gasteiger partial charge is 0.0348 e. The lowest BCUT2D eigenvalue weighted by Gasteiger charge is -2.02. The summed E-state index contributed by atoms with van der Waals surface area (Å²) in [7, 11) is 0. The molecule has 35 heavy (non-hydrogen) atoms. The lowest BCUT2D eigenvalue weighted by atomic mass is 10.0. The monoisotopic (exact) mass is 489 g/mol. The fraction of sp³-hybridized carbons (Fsp3) is 0.886. The van der Waals surface area contributed by atoms with Crippen molar-refractivity contribution < 1.29 is 0 Å². The van der Waals surface area contributed by atoms with E-state index in [0.29, 0.717) is 0 Å². The van der Waals surface area contributed by atoms with Crippen LogP contribution in [0.15, 0.2) is 24.3 Å². The van der Waals surface area contributed by atoms with Crippen LogP contribution in [0.5, 0.6) is 0 Å². The average molecular weight is 489 g/mol. The first kappa shape index (κ1) is 34.5. The third kappa shape index (κ3) is 33.5. The normalized spacial score (nSPS) is 11.9. The van der Waals surface area contributed by atoms with Gasteiger partial charge in [-0.25, -0.2) is 0 Å². The van der Waals surface area contributed by atoms with Crippen molar-refractivity contribution >= 4 is 0 Å². The molecule has 0 aromatic heterocycles. The second-order valence-electron chi connectivity index (χ2n) is 11.3. The summed E-state index contributed by atoms with van der Waals surface area (Å²) >= 11 is 0. The van der Waals surface area contributed by atoms with Gasteiger partial charge >= 0.3 is 0 Å². The minimum atomic E-state index is 1.26. The molecule has 0 bridgehead atoms. The molecule has 0 N–H and O–H groups in total. The molecule has 0 saturated carbocycles. The maximum atomic E-state index is 2.38. The van der Waals surface area contributed by atoms with E-state index >= 15 is 0 Å². The van der Waals surface area contributed by atoms with Gasteiger partial charge in [0.25, 0.3) is 0 Å². The summed E-state index contributed by atoms with van der Waals surface area (Å²) in [5.41, 5.74) is 0. The van der Waals surface area contributed by atoms with Crippen LogP contribution >= 0.6 is 0 Å². The van der Waals surface area contributed by atoms with Gasteiger partial charge in [-0.3, -0.25) is 0 Å². The van der Waals surface area contributed by atoms with Crippen LogP contribution in [-0.4, -0.2) is 0 Å². The molecule has 0 heterocycles.